The van der Waals surface area contributed by atoms with Crippen molar-refractivity contribution in [2.75, 3.05) is 6.54 Å². The quantitative estimate of drug-likeness (QED) is 0.792. The Bertz CT molecular complexity index is 425. The lowest BCUT2D eigenvalue weighted by molar-refractivity contribution is 0.110. The zero-order valence-corrected chi connectivity index (χ0v) is 13.8. The molecule has 1 aromatic heterocycles. The summed E-state index contributed by atoms with van der Waals surface area (Å²) in [7, 11) is 0. The van der Waals surface area contributed by atoms with E-state index in [0.717, 1.165) is 24.3 Å². The molecule has 2 fully saturated rings. The van der Waals surface area contributed by atoms with E-state index in [1.807, 2.05) is 11.3 Å². The van der Waals surface area contributed by atoms with Gasteiger partial charge < -0.3 is 5.32 Å². The van der Waals surface area contributed by atoms with Gasteiger partial charge in [-0.2, -0.15) is 0 Å². The standard InChI is InChI=1S/C18H29NS/c1-3-19-18(17-10-11-20-13(17)2)16-9-8-14-6-4-5-7-15(14)12-16/h10-11,14-16,18-19H,3-9,12H2,1-2H3. The zero-order chi connectivity index (χ0) is 13.9. The largest absolute Gasteiger partial charge is 0.310 e. The number of hydrogen-bond acceptors (Lipinski definition) is 2. The van der Waals surface area contributed by atoms with E-state index in [2.05, 4.69) is 30.6 Å². The van der Waals surface area contributed by atoms with Gasteiger partial charge >= 0.3 is 0 Å². The normalized spacial score (nSPS) is 31.8. The first-order valence-electron chi connectivity index (χ1n) is 8.57. The van der Waals surface area contributed by atoms with Crippen molar-refractivity contribution in [1.82, 2.24) is 5.32 Å². The highest BCUT2D eigenvalue weighted by Gasteiger charge is 2.36. The van der Waals surface area contributed by atoms with E-state index >= 15 is 0 Å². The Hall–Kier alpha value is -0.340. The number of hydrogen-bond donors (Lipinski definition) is 1. The summed E-state index contributed by atoms with van der Waals surface area (Å²) in [6.07, 6.45) is 10.4. The molecule has 0 spiro atoms. The zero-order valence-electron chi connectivity index (χ0n) is 13.0. The Labute approximate surface area is 128 Å². The van der Waals surface area contributed by atoms with E-state index in [4.69, 9.17) is 0 Å². The van der Waals surface area contributed by atoms with Crippen LogP contribution in [-0.2, 0) is 0 Å². The van der Waals surface area contributed by atoms with Crippen LogP contribution in [0.5, 0.6) is 0 Å². The lowest BCUT2D eigenvalue weighted by Gasteiger charge is -2.42. The van der Waals surface area contributed by atoms with E-state index in [0.29, 0.717) is 6.04 Å². The third-order valence-electron chi connectivity index (χ3n) is 5.71. The van der Waals surface area contributed by atoms with Crippen LogP contribution in [0.25, 0.3) is 0 Å². The van der Waals surface area contributed by atoms with Crippen LogP contribution < -0.4 is 5.32 Å². The Kier molecular flexibility index (Phi) is 4.83. The Balaban J connectivity index is 1.73. The molecule has 2 saturated carbocycles. The summed E-state index contributed by atoms with van der Waals surface area (Å²) >= 11 is 1.91. The number of fused-ring (bicyclic) bond motifs is 1. The van der Waals surface area contributed by atoms with Gasteiger partial charge in [-0.25, -0.2) is 0 Å². The number of thiophene rings is 1. The molecule has 0 aromatic carbocycles. The number of aryl methyl sites for hydroxylation is 1. The molecule has 2 heteroatoms. The molecule has 2 aliphatic rings. The highest BCUT2D eigenvalue weighted by atomic mass is 32.1. The van der Waals surface area contributed by atoms with E-state index in [-0.39, 0.29) is 0 Å². The Morgan fingerprint density at radius 2 is 2.00 bits per heavy atom. The fourth-order valence-corrected chi connectivity index (χ4v) is 5.43. The molecule has 4 unspecified atom stereocenters. The minimum atomic E-state index is 0.606. The van der Waals surface area contributed by atoms with E-state index < -0.39 is 0 Å². The molecule has 1 aromatic rings. The van der Waals surface area contributed by atoms with Crippen molar-refractivity contribution in [3.05, 3.63) is 21.9 Å². The van der Waals surface area contributed by atoms with Gasteiger partial charge in [-0.1, -0.05) is 32.6 Å². The average molecular weight is 292 g/mol. The maximum absolute atomic E-state index is 3.80. The molecule has 20 heavy (non-hydrogen) atoms. The molecular formula is C18H29NS. The number of rotatable bonds is 4. The SMILES string of the molecule is CCNC(c1ccsc1C)C1CCC2CCCCC2C1. The Morgan fingerprint density at radius 1 is 1.20 bits per heavy atom. The van der Waals surface area contributed by atoms with Gasteiger partial charge in [0, 0.05) is 10.9 Å². The van der Waals surface area contributed by atoms with Crippen LogP contribution in [0.4, 0.5) is 0 Å². The van der Waals surface area contributed by atoms with Crippen LogP contribution in [0.2, 0.25) is 0 Å². The molecule has 1 nitrogen and oxygen atoms in total. The highest BCUT2D eigenvalue weighted by Crippen LogP contribution is 2.46. The maximum Gasteiger partial charge on any atom is 0.0359 e. The first-order chi connectivity index (χ1) is 9.79. The summed E-state index contributed by atoms with van der Waals surface area (Å²) in [5.74, 6) is 2.95. The van der Waals surface area contributed by atoms with Crippen molar-refractivity contribution in [3.63, 3.8) is 0 Å². The molecule has 2 aliphatic carbocycles. The molecule has 0 aliphatic heterocycles. The second kappa shape index (κ2) is 6.62. The van der Waals surface area contributed by atoms with Crippen molar-refractivity contribution < 1.29 is 0 Å². The second-order valence-electron chi connectivity index (χ2n) is 6.85. The van der Waals surface area contributed by atoms with Crippen LogP contribution in [0.3, 0.4) is 0 Å². The van der Waals surface area contributed by atoms with Crippen molar-refractivity contribution in [3.8, 4) is 0 Å². The van der Waals surface area contributed by atoms with Crippen molar-refractivity contribution in [2.24, 2.45) is 17.8 Å². The third-order valence-corrected chi connectivity index (χ3v) is 6.57. The molecule has 0 amide bonds. The third kappa shape index (κ3) is 2.96. The van der Waals surface area contributed by atoms with Crippen LogP contribution in [0, 0.1) is 24.7 Å². The predicted octanol–water partition coefficient (Wildman–Crippen LogP) is 5.31. The summed E-state index contributed by atoms with van der Waals surface area (Å²) < 4.78 is 0. The summed E-state index contributed by atoms with van der Waals surface area (Å²) in [5.41, 5.74) is 1.58. The summed E-state index contributed by atoms with van der Waals surface area (Å²) in [4.78, 5) is 1.52. The van der Waals surface area contributed by atoms with Gasteiger partial charge in [0.2, 0.25) is 0 Å². The van der Waals surface area contributed by atoms with Crippen molar-refractivity contribution >= 4 is 11.3 Å². The maximum atomic E-state index is 3.80. The van der Waals surface area contributed by atoms with E-state index in [1.165, 1.54) is 49.8 Å². The molecule has 112 valence electrons. The van der Waals surface area contributed by atoms with Gasteiger partial charge in [0.1, 0.15) is 0 Å². The van der Waals surface area contributed by atoms with Crippen molar-refractivity contribution in [1.29, 1.82) is 0 Å². The highest BCUT2D eigenvalue weighted by molar-refractivity contribution is 7.10. The molecule has 0 saturated heterocycles. The van der Waals surface area contributed by atoms with Gasteiger partial charge in [0.05, 0.1) is 0 Å². The molecule has 0 bridgehead atoms. The topological polar surface area (TPSA) is 12.0 Å². The van der Waals surface area contributed by atoms with Gasteiger partial charge in [0.15, 0.2) is 0 Å². The molecule has 0 radical (unpaired) electrons. The minimum Gasteiger partial charge on any atom is -0.310 e. The van der Waals surface area contributed by atoms with E-state index in [1.54, 1.807) is 5.56 Å². The van der Waals surface area contributed by atoms with Crippen molar-refractivity contribution in [2.45, 2.75) is 64.8 Å². The lowest BCUT2D eigenvalue weighted by atomic mass is 9.65. The van der Waals surface area contributed by atoms with Crippen LogP contribution >= 0.6 is 11.3 Å². The summed E-state index contributed by atoms with van der Waals surface area (Å²) in [6, 6.07) is 2.97. The molecule has 4 atom stereocenters. The van der Waals surface area contributed by atoms with Gasteiger partial charge in [-0.15, -0.1) is 11.3 Å². The Morgan fingerprint density at radius 3 is 2.70 bits per heavy atom. The smallest absolute Gasteiger partial charge is 0.0359 e. The van der Waals surface area contributed by atoms with Crippen LogP contribution in [-0.4, -0.2) is 6.54 Å². The van der Waals surface area contributed by atoms with Gasteiger partial charge in [0.25, 0.3) is 0 Å². The molecular weight excluding hydrogens is 262 g/mol. The minimum absolute atomic E-state index is 0.606. The summed E-state index contributed by atoms with van der Waals surface area (Å²) in [5, 5.41) is 6.06. The monoisotopic (exact) mass is 291 g/mol. The van der Waals surface area contributed by atoms with Gasteiger partial charge in [-0.05, 0) is 67.5 Å². The van der Waals surface area contributed by atoms with Crippen LogP contribution in [0.15, 0.2) is 11.4 Å². The molecule has 1 N–H and O–H groups in total. The van der Waals surface area contributed by atoms with E-state index in [9.17, 15) is 0 Å². The fraction of sp³-hybridized carbons (Fsp3) is 0.778. The first kappa shape index (κ1) is 14.6. The fourth-order valence-electron chi connectivity index (χ4n) is 4.68. The molecule has 3 rings (SSSR count). The number of nitrogens with one attached hydrogen (secondary N) is 1. The first-order valence-corrected chi connectivity index (χ1v) is 9.45. The van der Waals surface area contributed by atoms with Gasteiger partial charge in [-0.3, -0.25) is 0 Å². The average Bonchev–Trinajstić information content (AvgIpc) is 2.90. The molecule has 1 heterocycles. The predicted molar refractivity (Wildman–Crippen MR) is 88.3 cm³/mol. The second-order valence-corrected chi connectivity index (χ2v) is 7.97. The lowest BCUT2D eigenvalue weighted by Crippen LogP contribution is -2.35. The summed E-state index contributed by atoms with van der Waals surface area (Å²) in [6.45, 7) is 5.63. The van der Waals surface area contributed by atoms with Crippen LogP contribution in [0.1, 0.15) is 68.4 Å².